The molecule has 0 aromatic carbocycles. The Bertz CT molecular complexity index is 469. The highest BCUT2D eigenvalue weighted by Crippen LogP contribution is 2.16. The van der Waals surface area contributed by atoms with Crippen LogP contribution < -0.4 is 10.6 Å². The van der Waals surface area contributed by atoms with E-state index in [0.717, 1.165) is 0 Å². The topological polar surface area (TPSA) is 63.2 Å². The van der Waals surface area contributed by atoms with E-state index in [2.05, 4.69) is 20.4 Å². The van der Waals surface area contributed by atoms with E-state index in [0.29, 0.717) is 5.82 Å². The summed E-state index contributed by atoms with van der Waals surface area (Å²) in [6, 6.07) is 3.08. The molecule has 1 amide bonds. The Hall–Kier alpha value is -1.54. The lowest BCUT2D eigenvalue weighted by Gasteiger charge is -2.09. The van der Waals surface area contributed by atoms with Crippen molar-refractivity contribution in [3.63, 3.8) is 0 Å². The van der Waals surface area contributed by atoms with Gasteiger partial charge in [-0.15, -0.1) is 0 Å². The fourth-order valence-electron chi connectivity index (χ4n) is 1.25. The fraction of sp³-hybridized carbons (Fsp3) is 0.455. The van der Waals surface area contributed by atoms with Gasteiger partial charge in [0.15, 0.2) is 0 Å². The number of anilines is 1. The molecule has 0 saturated carbocycles. The normalized spacial score (nSPS) is 11.2. The molecule has 0 spiro atoms. The van der Waals surface area contributed by atoms with E-state index in [-0.39, 0.29) is 23.9 Å². The molecule has 1 aromatic rings. The molecule has 0 radical (unpaired) electrons. The minimum Gasteiger partial charge on any atom is -0.373 e. The summed E-state index contributed by atoms with van der Waals surface area (Å²) in [5, 5.41) is 5.27. The summed E-state index contributed by atoms with van der Waals surface area (Å²) in [5.41, 5.74) is -0.00524. The van der Waals surface area contributed by atoms with E-state index >= 15 is 0 Å². The Morgan fingerprint density at radius 2 is 2.15 bits per heavy atom. The van der Waals surface area contributed by atoms with E-state index in [4.69, 9.17) is 11.6 Å². The molecule has 20 heavy (non-hydrogen) atoms. The van der Waals surface area contributed by atoms with Crippen molar-refractivity contribution in [3.8, 4) is 0 Å². The Morgan fingerprint density at radius 1 is 1.45 bits per heavy atom. The van der Waals surface area contributed by atoms with Gasteiger partial charge in [0, 0.05) is 13.6 Å². The van der Waals surface area contributed by atoms with Gasteiger partial charge in [-0.2, -0.15) is 13.2 Å². The van der Waals surface area contributed by atoms with Crippen molar-refractivity contribution in [3.05, 3.63) is 22.8 Å². The number of halogens is 4. The second-order valence-corrected chi connectivity index (χ2v) is 4.11. The van der Waals surface area contributed by atoms with E-state index in [1.54, 1.807) is 13.1 Å². The molecule has 1 heterocycles. The van der Waals surface area contributed by atoms with Crippen LogP contribution in [-0.2, 0) is 4.74 Å². The summed E-state index contributed by atoms with van der Waals surface area (Å²) in [5.74, 6) is -0.129. The highest BCUT2D eigenvalue weighted by Gasteiger charge is 2.27. The van der Waals surface area contributed by atoms with Crippen LogP contribution in [0.5, 0.6) is 0 Å². The molecule has 0 unspecified atom stereocenters. The number of ether oxygens (including phenoxy) is 1. The van der Waals surface area contributed by atoms with Crippen molar-refractivity contribution < 1.29 is 22.7 Å². The van der Waals surface area contributed by atoms with Crippen LogP contribution in [0, 0.1) is 0 Å². The maximum absolute atomic E-state index is 11.8. The van der Waals surface area contributed by atoms with Crippen LogP contribution in [0.3, 0.4) is 0 Å². The maximum atomic E-state index is 11.8. The number of carbonyl (C=O) groups is 1. The minimum atomic E-state index is -4.38. The fourth-order valence-corrected chi connectivity index (χ4v) is 1.44. The van der Waals surface area contributed by atoms with Gasteiger partial charge in [0.25, 0.3) is 5.91 Å². The third-order valence-corrected chi connectivity index (χ3v) is 2.42. The van der Waals surface area contributed by atoms with Crippen molar-refractivity contribution in [2.75, 3.05) is 32.1 Å². The van der Waals surface area contributed by atoms with Gasteiger partial charge in [0.1, 0.15) is 18.1 Å². The molecule has 9 heteroatoms. The lowest BCUT2D eigenvalue weighted by atomic mass is 10.3. The number of nitrogens with one attached hydrogen (secondary N) is 2. The third kappa shape index (κ3) is 5.62. The molecule has 1 rings (SSSR count). The number of carbonyl (C=O) groups excluding carboxylic acids is 1. The van der Waals surface area contributed by atoms with Gasteiger partial charge in [-0.25, -0.2) is 4.98 Å². The predicted octanol–water partition coefficient (Wildman–Crippen LogP) is 2.09. The Kier molecular flexibility index (Phi) is 6.03. The SMILES string of the molecule is CNc1ccc(Cl)c(C(=O)NCCOCC(F)(F)F)n1. The van der Waals surface area contributed by atoms with Crippen LogP contribution >= 0.6 is 11.6 Å². The smallest absolute Gasteiger partial charge is 0.373 e. The van der Waals surface area contributed by atoms with Crippen LogP contribution in [0.2, 0.25) is 5.02 Å². The molecule has 112 valence electrons. The number of alkyl halides is 3. The highest BCUT2D eigenvalue weighted by atomic mass is 35.5. The number of hydrogen-bond donors (Lipinski definition) is 2. The van der Waals surface area contributed by atoms with Gasteiger partial charge >= 0.3 is 6.18 Å². The second-order valence-electron chi connectivity index (χ2n) is 3.70. The van der Waals surface area contributed by atoms with Gasteiger partial charge in [-0.05, 0) is 12.1 Å². The second kappa shape index (κ2) is 7.30. The third-order valence-electron chi connectivity index (χ3n) is 2.11. The standard InChI is InChI=1S/C11H13ClF3N3O2/c1-16-8-3-2-7(12)9(18-8)10(19)17-4-5-20-6-11(13,14)15/h2-3H,4-6H2,1H3,(H,16,18)(H,17,19). The monoisotopic (exact) mass is 311 g/mol. The van der Waals surface area contributed by atoms with Crippen LogP contribution in [0.15, 0.2) is 12.1 Å². The van der Waals surface area contributed by atoms with E-state index < -0.39 is 18.7 Å². The summed E-state index contributed by atoms with van der Waals surface area (Å²) in [4.78, 5) is 15.7. The van der Waals surface area contributed by atoms with Crippen molar-refractivity contribution >= 4 is 23.3 Å². The Morgan fingerprint density at radius 3 is 2.75 bits per heavy atom. The van der Waals surface area contributed by atoms with Crippen molar-refractivity contribution in [2.45, 2.75) is 6.18 Å². The first-order valence-electron chi connectivity index (χ1n) is 5.60. The average Bonchev–Trinajstić information content (AvgIpc) is 2.37. The number of rotatable bonds is 6. The van der Waals surface area contributed by atoms with Gasteiger partial charge in [-0.1, -0.05) is 11.6 Å². The summed E-state index contributed by atoms with van der Waals surface area (Å²) in [7, 11) is 1.63. The first kappa shape index (κ1) is 16.5. The molecular weight excluding hydrogens is 299 g/mol. The predicted molar refractivity (Wildman–Crippen MR) is 68.0 cm³/mol. The minimum absolute atomic E-state index is 0.00524. The first-order valence-corrected chi connectivity index (χ1v) is 5.98. The molecule has 0 bridgehead atoms. The summed E-state index contributed by atoms with van der Waals surface area (Å²) in [6.07, 6.45) is -4.38. The highest BCUT2D eigenvalue weighted by molar-refractivity contribution is 6.33. The molecular formula is C11H13ClF3N3O2. The van der Waals surface area contributed by atoms with E-state index in [1.165, 1.54) is 6.07 Å². The molecule has 0 aliphatic rings. The lowest BCUT2D eigenvalue weighted by molar-refractivity contribution is -0.173. The maximum Gasteiger partial charge on any atom is 0.411 e. The van der Waals surface area contributed by atoms with Crippen LogP contribution in [0.25, 0.3) is 0 Å². The van der Waals surface area contributed by atoms with Gasteiger partial charge in [0.2, 0.25) is 0 Å². The molecule has 0 fully saturated rings. The van der Waals surface area contributed by atoms with Crippen molar-refractivity contribution in [2.24, 2.45) is 0 Å². The largest absolute Gasteiger partial charge is 0.411 e. The molecule has 0 aliphatic carbocycles. The summed E-state index contributed by atoms with van der Waals surface area (Å²) < 4.78 is 39.7. The van der Waals surface area contributed by atoms with Crippen LogP contribution in [-0.4, -0.2) is 43.9 Å². The number of pyridine rings is 1. The van der Waals surface area contributed by atoms with Gasteiger partial charge in [0.05, 0.1) is 11.6 Å². The average molecular weight is 312 g/mol. The molecule has 0 atom stereocenters. The Balaban J connectivity index is 2.43. The quantitative estimate of drug-likeness (QED) is 0.790. The van der Waals surface area contributed by atoms with Gasteiger partial charge < -0.3 is 15.4 Å². The lowest BCUT2D eigenvalue weighted by Crippen LogP contribution is -2.29. The van der Waals surface area contributed by atoms with Gasteiger partial charge in [-0.3, -0.25) is 4.79 Å². The van der Waals surface area contributed by atoms with E-state index in [1.807, 2.05) is 0 Å². The zero-order valence-corrected chi connectivity index (χ0v) is 11.3. The van der Waals surface area contributed by atoms with Crippen molar-refractivity contribution in [1.29, 1.82) is 0 Å². The van der Waals surface area contributed by atoms with Crippen molar-refractivity contribution in [1.82, 2.24) is 10.3 Å². The molecule has 0 saturated heterocycles. The number of aromatic nitrogens is 1. The summed E-state index contributed by atoms with van der Waals surface area (Å²) in [6.45, 7) is -1.68. The van der Waals surface area contributed by atoms with Crippen LogP contribution in [0.1, 0.15) is 10.5 Å². The zero-order valence-electron chi connectivity index (χ0n) is 10.6. The number of amides is 1. The Labute approximate surface area is 118 Å². The first-order chi connectivity index (χ1) is 9.33. The van der Waals surface area contributed by atoms with Crippen LogP contribution in [0.4, 0.5) is 19.0 Å². The molecule has 5 nitrogen and oxygen atoms in total. The number of nitrogens with zero attached hydrogens (tertiary/aromatic N) is 1. The molecule has 2 N–H and O–H groups in total. The molecule has 1 aromatic heterocycles. The van der Waals surface area contributed by atoms with E-state index in [9.17, 15) is 18.0 Å². The summed E-state index contributed by atoms with van der Waals surface area (Å²) >= 11 is 5.82. The number of hydrogen-bond acceptors (Lipinski definition) is 4. The zero-order chi connectivity index (χ0) is 15.2. The molecule has 0 aliphatic heterocycles.